The van der Waals surface area contributed by atoms with Crippen LogP contribution in [0.2, 0.25) is 5.02 Å². The van der Waals surface area contributed by atoms with Crippen molar-refractivity contribution >= 4 is 23.4 Å². The molecule has 2 rings (SSSR count). The quantitative estimate of drug-likeness (QED) is 0.835. The van der Waals surface area contributed by atoms with E-state index in [0.29, 0.717) is 15.9 Å². The second-order valence-corrected chi connectivity index (χ2v) is 4.38. The molecule has 88 valence electrons. The topological polar surface area (TPSA) is 67.8 Å². The monoisotopic (exact) mass is 269 g/mol. The molecule has 0 amide bonds. The van der Waals surface area contributed by atoms with E-state index in [-0.39, 0.29) is 0 Å². The van der Waals surface area contributed by atoms with Crippen LogP contribution in [-0.4, -0.2) is 20.8 Å². The van der Waals surface area contributed by atoms with Crippen LogP contribution in [0.4, 0.5) is 0 Å². The first kappa shape index (κ1) is 11.9. The summed E-state index contributed by atoms with van der Waals surface area (Å²) in [5.41, 5.74) is -0.763. The van der Waals surface area contributed by atoms with Crippen LogP contribution in [0.3, 0.4) is 0 Å². The van der Waals surface area contributed by atoms with Gasteiger partial charge in [-0.2, -0.15) is 4.98 Å². The Morgan fingerprint density at radius 1 is 1.41 bits per heavy atom. The van der Waals surface area contributed by atoms with Crippen LogP contribution in [-0.2, 0) is 0 Å². The summed E-state index contributed by atoms with van der Waals surface area (Å²) in [6.45, 7) is 0. The van der Waals surface area contributed by atoms with Crippen LogP contribution in [0.15, 0.2) is 39.0 Å². The standard InChI is InChI=1S/C10H8ClN3O2S/c1-17-8-12-9(15)14(10(16)13-8)7-4-2-3-6(11)5-7/h2-5H,1H3,(H,12,13,15,16). The molecule has 1 aromatic heterocycles. The zero-order valence-electron chi connectivity index (χ0n) is 8.81. The largest absolute Gasteiger partial charge is 0.358 e. The van der Waals surface area contributed by atoms with Gasteiger partial charge in [-0.3, -0.25) is 4.98 Å². The van der Waals surface area contributed by atoms with E-state index in [2.05, 4.69) is 9.97 Å². The molecule has 0 aliphatic carbocycles. The predicted octanol–water partition coefficient (Wildman–Crippen LogP) is 1.30. The molecule has 0 spiro atoms. The van der Waals surface area contributed by atoms with E-state index < -0.39 is 11.4 Å². The first-order valence-corrected chi connectivity index (χ1v) is 6.25. The maximum absolute atomic E-state index is 11.7. The van der Waals surface area contributed by atoms with Gasteiger partial charge in [-0.15, -0.1) is 0 Å². The second-order valence-electron chi connectivity index (χ2n) is 3.15. The summed E-state index contributed by atoms with van der Waals surface area (Å²) in [6.07, 6.45) is 1.72. The Hall–Kier alpha value is -1.53. The predicted molar refractivity (Wildman–Crippen MR) is 67.2 cm³/mol. The smallest absolute Gasteiger partial charge is 0.286 e. The molecule has 7 heteroatoms. The summed E-state index contributed by atoms with van der Waals surface area (Å²) in [6, 6.07) is 6.46. The lowest BCUT2D eigenvalue weighted by Crippen LogP contribution is -2.36. The molecule has 0 aliphatic heterocycles. The Balaban J connectivity index is 2.69. The second kappa shape index (κ2) is 4.77. The highest BCUT2D eigenvalue weighted by Gasteiger charge is 2.07. The van der Waals surface area contributed by atoms with E-state index in [1.165, 1.54) is 17.8 Å². The van der Waals surface area contributed by atoms with E-state index in [1.54, 1.807) is 24.5 Å². The minimum atomic E-state index is -0.625. The fraction of sp³-hybridized carbons (Fsp3) is 0.100. The molecular weight excluding hydrogens is 262 g/mol. The maximum atomic E-state index is 11.7. The van der Waals surface area contributed by atoms with Crippen LogP contribution in [0, 0.1) is 0 Å². The first-order valence-electron chi connectivity index (χ1n) is 4.65. The number of halogens is 1. The third-order valence-corrected chi connectivity index (χ3v) is 2.88. The molecule has 17 heavy (non-hydrogen) atoms. The van der Waals surface area contributed by atoms with E-state index in [4.69, 9.17) is 11.6 Å². The molecule has 0 aliphatic rings. The van der Waals surface area contributed by atoms with Crippen LogP contribution in [0.1, 0.15) is 0 Å². The molecule has 2 aromatic rings. The van der Waals surface area contributed by atoms with Gasteiger partial charge >= 0.3 is 11.4 Å². The number of thioether (sulfide) groups is 1. The average Bonchev–Trinajstić information content (AvgIpc) is 2.28. The van der Waals surface area contributed by atoms with Gasteiger partial charge in [0.15, 0.2) is 5.16 Å². The number of hydrogen-bond donors (Lipinski definition) is 1. The molecule has 0 atom stereocenters. The van der Waals surface area contributed by atoms with Gasteiger partial charge in [-0.25, -0.2) is 14.2 Å². The maximum Gasteiger partial charge on any atom is 0.358 e. The first-order chi connectivity index (χ1) is 8.11. The minimum absolute atomic E-state index is 0.290. The van der Waals surface area contributed by atoms with Crippen molar-refractivity contribution in [2.75, 3.05) is 6.26 Å². The number of H-pyrrole nitrogens is 1. The number of benzene rings is 1. The number of nitrogens with zero attached hydrogens (tertiary/aromatic N) is 2. The number of nitrogens with one attached hydrogen (secondary N) is 1. The summed E-state index contributed by atoms with van der Waals surface area (Å²) < 4.78 is 0.936. The van der Waals surface area contributed by atoms with Gasteiger partial charge in [0.1, 0.15) is 0 Å². The fourth-order valence-corrected chi connectivity index (χ4v) is 1.88. The molecular formula is C10H8ClN3O2S. The van der Waals surface area contributed by atoms with Crippen molar-refractivity contribution in [1.29, 1.82) is 0 Å². The van der Waals surface area contributed by atoms with E-state index in [9.17, 15) is 9.59 Å². The summed E-state index contributed by atoms with van der Waals surface area (Å²) in [4.78, 5) is 29.7. The van der Waals surface area contributed by atoms with Crippen molar-refractivity contribution in [3.63, 3.8) is 0 Å². The molecule has 0 saturated carbocycles. The van der Waals surface area contributed by atoms with Crippen LogP contribution in [0.25, 0.3) is 5.69 Å². The van der Waals surface area contributed by atoms with Gasteiger partial charge in [0.05, 0.1) is 5.69 Å². The van der Waals surface area contributed by atoms with E-state index >= 15 is 0 Å². The molecule has 0 bridgehead atoms. The Labute approximate surface area is 105 Å². The Kier molecular flexibility index (Phi) is 3.35. The lowest BCUT2D eigenvalue weighted by molar-refractivity contribution is 0.743. The van der Waals surface area contributed by atoms with E-state index in [1.807, 2.05) is 0 Å². The lowest BCUT2D eigenvalue weighted by Gasteiger charge is -2.04. The van der Waals surface area contributed by atoms with Gasteiger partial charge in [-0.1, -0.05) is 29.4 Å². The Bertz CT molecular complexity index is 634. The van der Waals surface area contributed by atoms with Crippen LogP contribution >= 0.6 is 23.4 Å². The highest BCUT2D eigenvalue weighted by molar-refractivity contribution is 7.98. The van der Waals surface area contributed by atoms with E-state index in [0.717, 1.165) is 4.57 Å². The van der Waals surface area contributed by atoms with Crippen LogP contribution < -0.4 is 11.4 Å². The third-order valence-electron chi connectivity index (χ3n) is 2.07. The van der Waals surface area contributed by atoms with Gasteiger partial charge in [0.25, 0.3) is 0 Å². The summed E-state index contributed by atoms with van der Waals surface area (Å²) in [7, 11) is 0. The zero-order valence-corrected chi connectivity index (χ0v) is 10.4. The summed E-state index contributed by atoms with van der Waals surface area (Å²) in [5.74, 6) is 0. The van der Waals surface area contributed by atoms with Crippen molar-refractivity contribution in [3.05, 3.63) is 50.3 Å². The SMILES string of the molecule is CSc1nc(=O)n(-c2cccc(Cl)c2)c(=O)[nH]1. The number of hydrogen-bond acceptors (Lipinski definition) is 4. The molecule has 1 aromatic carbocycles. The van der Waals surface area contributed by atoms with Gasteiger partial charge in [0.2, 0.25) is 0 Å². The van der Waals surface area contributed by atoms with Crippen molar-refractivity contribution < 1.29 is 0 Å². The van der Waals surface area contributed by atoms with Crippen molar-refractivity contribution in [3.8, 4) is 5.69 Å². The summed E-state index contributed by atoms with van der Waals surface area (Å²) >= 11 is 7.00. The number of aromatic nitrogens is 3. The average molecular weight is 270 g/mol. The van der Waals surface area contributed by atoms with Gasteiger partial charge < -0.3 is 0 Å². The molecule has 0 unspecified atom stereocenters. The van der Waals surface area contributed by atoms with Gasteiger partial charge in [0, 0.05) is 5.02 Å². The number of rotatable bonds is 2. The molecule has 1 N–H and O–H groups in total. The van der Waals surface area contributed by atoms with Crippen LogP contribution in [0.5, 0.6) is 0 Å². The normalized spacial score (nSPS) is 10.5. The van der Waals surface area contributed by atoms with Crippen molar-refractivity contribution in [1.82, 2.24) is 14.5 Å². The van der Waals surface area contributed by atoms with Crippen molar-refractivity contribution in [2.45, 2.75) is 5.16 Å². The molecule has 5 nitrogen and oxygen atoms in total. The highest BCUT2D eigenvalue weighted by Crippen LogP contribution is 2.12. The minimum Gasteiger partial charge on any atom is -0.286 e. The number of aromatic amines is 1. The highest BCUT2D eigenvalue weighted by atomic mass is 35.5. The summed E-state index contributed by atoms with van der Waals surface area (Å²) in [5, 5.41) is 0.737. The zero-order chi connectivity index (χ0) is 12.4. The fourth-order valence-electron chi connectivity index (χ4n) is 1.34. The molecule has 0 saturated heterocycles. The van der Waals surface area contributed by atoms with Gasteiger partial charge in [-0.05, 0) is 24.5 Å². The lowest BCUT2D eigenvalue weighted by atomic mass is 10.3. The Morgan fingerprint density at radius 3 is 2.76 bits per heavy atom. The van der Waals surface area contributed by atoms with Crippen molar-refractivity contribution in [2.24, 2.45) is 0 Å². The Morgan fingerprint density at radius 2 is 2.18 bits per heavy atom. The third kappa shape index (κ3) is 2.42. The molecule has 1 heterocycles. The molecule has 0 fully saturated rings. The molecule has 0 radical (unpaired) electrons.